The van der Waals surface area contributed by atoms with E-state index in [4.69, 9.17) is 4.42 Å². The van der Waals surface area contributed by atoms with Gasteiger partial charge in [-0.15, -0.1) is 0 Å². The van der Waals surface area contributed by atoms with Crippen molar-refractivity contribution in [2.75, 3.05) is 6.54 Å². The Morgan fingerprint density at radius 2 is 2.09 bits per heavy atom. The molecule has 0 aliphatic heterocycles. The van der Waals surface area contributed by atoms with Crippen LogP contribution in [0.5, 0.6) is 0 Å². The molecule has 0 unspecified atom stereocenters. The van der Waals surface area contributed by atoms with Gasteiger partial charge in [-0.2, -0.15) is 0 Å². The van der Waals surface area contributed by atoms with Gasteiger partial charge >= 0.3 is 0 Å². The molecule has 1 amide bonds. The summed E-state index contributed by atoms with van der Waals surface area (Å²) in [4.78, 5) is 16.8. The minimum absolute atomic E-state index is 0.240. The number of carbonyl (C=O) groups is 1. The Morgan fingerprint density at radius 1 is 1.22 bits per heavy atom. The highest BCUT2D eigenvalue weighted by Crippen LogP contribution is 2.48. The van der Waals surface area contributed by atoms with Gasteiger partial charge in [-0.25, -0.2) is 4.98 Å². The molecule has 3 atom stereocenters. The van der Waals surface area contributed by atoms with Crippen LogP contribution >= 0.6 is 0 Å². The monoisotopic (exact) mass is 310 g/mol. The molecule has 0 radical (unpaired) electrons. The van der Waals surface area contributed by atoms with Crippen molar-refractivity contribution in [1.82, 2.24) is 10.3 Å². The second-order valence-corrected chi connectivity index (χ2v) is 6.83. The summed E-state index contributed by atoms with van der Waals surface area (Å²) in [6.07, 6.45) is 7.33. The molecule has 1 aromatic heterocycles. The number of rotatable bonds is 5. The fourth-order valence-corrected chi connectivity index (χ4v) is 4.15. The first kappa shape index (κ1) is 14.5. The molecule has 2 aromatic rings. The highest BCUT2D eigenvalue weighted by Gasteiger charge is 2.42. The van der Waals surface area contributed by atoms with Crippen LogP contribution in [-0.2, 0) is 11.2 Å². The molecule has 1 N–H and O–H groups in total. The Bertz CT molecular complexity index is 680. The summed E-state index contributed by atoms with van der Waals surface area (Å²) in [7, 11) is 0. The second-order valence-electron chi connectivity index (χ2n) is 6.83. The number of nitrogens with zero attached hydrogens (tertiary/aromatic N) is 1. The summed E-state index contributed by atoms with van der Waals surface area (Å²) in [5, 5.41) is 3.09. The van der Waals surface area contributed by atoms with E-state index in [0.717, 1.165) is 23.6 Å². The van der Waals surface area contributed by atoms with Gasteiger partial charge in [0.15, 0.2) is 0 Å². The third kappa shape index (κ3) is 3.03. The Balaban J connectivity index is 1.28. The molecule has 4 nitrogen and oxygen atoms in total. The standard InChI is InChI=1S/C19H22N2O2/c22-18(17-11-13-6-7-15(17)10-13)20-9-8-16-12-23-19(21-16)14-4-2-1-3-5-14/h1-5,12-13,15,17H,6-11H2,(H,20,22)/t13-,15-,17+/m0/s1. The van der Waals surface area contributed by atoms with Crippen molar-refractivity contribution >= 4 is 5.91 Å². The van der Waals surface area contributed by atoms with Crippen LogP contribution in [0.2, 0.25) is 0 Å². The van der Waals surface area contributed by atoms with Crippen LogP contribution in [0, 0.1) is 17.8 Å². The minimum atomic E-state index is 0.240. The van der Waals surface area contributed by atoms with E-state index >= 15 is 0 Å². The topological polar surface area (TPSA) is 55.1 Å². The third-order valence-electron chi connectivity index (χ3n) is 5.33. The molecule has 2 aliphatic rings. The Hall–Kier alpha value is -2.10. The molecule has 120 valence electrons. The summed E-state index contributed by atoms with van der Waals surface area (Å²) < 4.78 is 5.52. The van der Waals surface area contributed by atoms with Gasteiger partial charge in [0.2, 0.25) is 11.8 Å². The van der Waals surface area contributed by atoms with Crippen LogP contribution in [0.25, 0.3) is 11.5 Å². The molecule has 4 heteroatoms. The number of hydrogen-bond donors (Lipinski definition) is 1. The zero-order valence-corrected chi connectivity index (χ0v) is 13.2. The zero-order valence-electron chi connectivity index (χ0n) is 13.2. The average Bonchev–Trinajstić information content (AvgIpc) is 3.32. The van der Waals surface area contributed by atoms with E-state index in [1.54, 1.807) is 6.26 Å². The molecular formula is C19H22N2O2. The average molecular weight is 310 g/mol. The number of amides is 1. The van der Waals surface area contributed by atoms with Crippen molar-refractivity contribution in [1.29, 1.82) is 0 Å². The maximum absolute atomic E-state index is 12.3. The third-order valence-corrected chi connectivity index (χ3v) is 5.33. The molecule has 0 saturated heterocycles. The first-order valence-corrected chi connectivity index (χ1v) is 8.57. The van der Waals surface area contributed by atoms with Gasteiger partial charge in [-0.05, 0) is 43.2 Å². The van der Waals surface area contributed by atoms with Gasteiger partial charge in [0.1, 0.15) is 6.26 Å². The lowest BCUT2D eigenvalue weighted by molar-refractivity contribution is -0.126. The number of fused-ring (bicyclic) bond motifs is 2. The fourth-order valence-electron chi connectivity index (χ4n) is 4.15. The Kier molecular flexibility index (Phi) is 3.90. The van der Waals surface area contributed by atoms with Gasteiger partial charge in [0.25, 0.3) is 0 Å². The van der Waals surface area contributed by atoms with Crippen LogP contribution in [0.3, 0.4) is 0 Å². The number of hydrogen-bond acceptors (Lipinski definition) is 3. The summed E-state index contributed by atoms with van der Waals surface area (Å²) in [6, 6.07) is 9.86. The van der Waals surface area contributed by atoms with Crippen molar-refractivity contribution in [3.63, 3.8) is 0 Å². The van der Waals surface area contributed by atoms with Gasteiger partial charge in [-0.1, -0.05) is 24.6 Å². The normalized spacial score (nSPS) is 25.7. The quantitative estimate of drug-likeness (QED) is 0.920. The second kappa shape index (κ2) is 6.19. The van der Waals surface area contributed by atoms with Crippen LogP contribution in [0.1, 0.15) is 31.4 Å². The van der Waals surface area contributed by atoms with Gasteiger partial charge < -0.3 is 9.73 Å². The number of aromatic nitrogens is 1. The maximum atomic E-state index is 12.3. The Morgan fingerprint density at radius 3 is 2.83 bits per heavy atom. The van der Waals surface area contributed by atoms with E-state index in [1.165, 1.54) is 19.3 Å². The van der Waals surface area contributed by atoms with E-state index in [2.05, 4.69) is 10.3 Å². The van der Waals surface area contributed by atoms with E-state index in [0.29, 0.717) is 24.8 Å². The van der Waals surface area contributed by atoms with Crippen LogP contribution < -0.4 is 5.32 Å². The molecule has 2 fully saturated rings. The van der Waals surface area contributed by atoms with Crippen LogP contribution in [0.4, 0.5) is 0 Å². The predicted molar refractivity (Wildman–Crippen MR) is 87.6 cm³/mol. The molecule has 0 spiro atoms. The zero-order chi connectivity index (χ0) is 15.6. The molecule has 2 saturated carbocycles. The lowest BCUT2D eigenvalue weighted by Crippen LogP contribution is -2.34. The first-order chi connectivity index (χ1) is 11.3. The van der Waals surface area contributed by atoms with Crippen molar-refractivity contribution in [2.45, 2.75) is 32.1 Å². The maximum Gasteiger partial charge on any atom is 0.226 e. The fraction of sp³-hybridized carbons (Fsp3) is 0.474. The van der Waals surface area contributed by atoms with Crippen molar-refractivity contribution in [3.05, 3.63) is 42.3 Å². The number of oxazole rings is 1. The minimum Gasteiger partial charge on any atom is -0.444 e. The van der Waals surface area contributed by atoms with E-state index in [1.807, 2.05) is 30.3 Å². The van der Waals surface area contributed by atoms with Crippen molar-refractivity contribution in [2.24, 2.45) is 17.8 Å². The van der Waals surface area contributed by atoms with Crippen molar-refractivity contribution in [3.8, 4) is 11.5 Å². The first-order valence-electron chi connectivity index (χ1n) is 8.57. The summed E-state index contributed by atoms with van der Waals surface area (Å²) in [6.45, 7) is 0.632. The Labute approximate surface area is 136 Å². The lowest BCUT2D eigenvalue weighted by Gasteiger charge is -2.20. The lowest BCUT2D eigenvalue weighted by atomic mass is 9.88. The molecule has 1 heterocycles. The summed E-state index contributed by atoms with van der Waals surface area (Å²) in [5.74, 6) is 2.58. The molecule has 4 rings (SSSR count). The van der Waals surface area contributed by atoms with Gasteiger partial charge in [0, 0.05) is 24.4 Å². The van der Waals surface area contributed by atoms with E-state index in [9.17, 15) is 4.79 Å². The molecule has 23 heavy (non-hydrogen) atoms. The number of benzene rings is 1. The SMILES string of the molecule is O=C(NCCc1coc(-c2ccccc2)n1)[C@@H]1C[C@H]2CC[C@H]1C2. The van der Waals surface area contributed by atoms with Crippen LogP contribution in [-0.4, -0.2) is 17.4 Å². The largest absolute Gasteiger partial charge is 0.444 e. The molecular weight excluding hydrogens is 288 g/mol. The van der Waals surface area contributed by atoms with Crippen LogP contribution in [0.15, 0.2) is 41.0 Å². The summed E-state index contributed by atoms with van der Waals surface area (Å²) in [5.41, 5.74) is 1.86. The van der Waals surface area contributed by atoms with E-state index in [-0.39, 0.29) is 11.8 Å². The predicted octanol–water partition coefficient (Wildman–Crippen LogP) is 3.44. The molecule has 1 aromatic carbocycles. The smallest absolute Gasteiger partial charge is 0.226 e. The van der Waals surface area contributed by atoms with E-state index < -0.39 is 0 Å². The van der Waals surface area contributed by atoms with Gasteiger partial charge in [-0.3, -0.25) is 4.79 Å². The number of carbonyl (C=O) groups excluding carboxylic acids is 1. The van der Waals surface area contributed by atoms with Gasteiger partial charge in [0.05, 0.1) is 5.69 Å². The molecule has 2 bridgehead atoms. The van der Waals surface area contributed by atoms with Crippen molar-refractivity contribution < 1.29 is 9.21 Å². The highest BCUT2D eigenvalue weighted by atomic mass is 16.3. The highest BCUT2D eigenvalue weighted by molar-refractivity contribution is 5.79. The molecule has 2 aliphatic carbocycles. The number of nitrogens with one attached hydrogen (secondary N) is 1. The summed E-state index contributed by atoms with van der Waals surface area (Å²) >= 11 is 0.